The van der Waals surface area contributed by atoms with E-state index in [1.807, 2.05) is 0 Å². The molecular weight excluding hydrogens is 652 g/mol. The lowest BCUT2D eigenvalue weighted by atomic mass is 10.0. The van der Waals surface area contributed by atoms with E-state index in [1.54, 1.807) is 0 Å². The summed E-state index contributed by atoms with van der Waals surface area (Å²) in [6, 6.07) is 0. The molecular formula is C26H42F12O7. The molecule has 0 bridgehead atoms. The van der Waals surface area contributed by atoms with Crippen molar-refractivity contribution in [3.8, 4) is 0 Å². The molecule has 0 N–H and O–H groups in total. The zero-order chi connectivity index (χ0) is 34.7. The SMILES string of the molecule is CCCCC(F)(F)C(F)(F)C(F)(F)OCCOCCOCCOCCOCCOCCOC(F)(F)C(F)(F)C(F)(F)CCCC. The molecule has 272 valence electrons. The maximum Gasteiger partial charge on any atom is 0.425 e. The number of alkyl halides is 12. The van der Waals surface area contributed by atoms with Crippen LogP contribution in [0.4, 0.5) is 52.7 Å². The fraction of sp³-hybridized carbons (Fsp3) is 1.00. The lowest BCUT2D eigenvalue weighted by Gasteiger charge is -2.32. The van der Waals surface area contributed by atoms with Gasteiger partial charge in [0.05, 0.1) is 79.3 Å². The summed E-state index contributed by atoms with van der Waals surface area (Å²) >= 11 is 0. The number of rotatable bonds is 30. The highest BCUT2D eigenvalue weighted by Crippen LogP contribution is 2.49. The Kier molecular flexibility index (Phi) is 20.5. The van der Waals surface area contributed by atoms with Gasteiger partial charge < -0.3 is 33.2 Å². The maximum atomic E-state index is 13.6. The van der Waals surface area contributed by atoms with Crippen molar-refractivity contribution in [3.05, 3.63) is 0 Å². The topological polar surface area (TPSA) is 64.6 Å². The van der Waals surface area contributed by atoms with Crippen molar-refractivity contribution in [3.63, 3.8) is 0 Å². The van der Waals surface area contributed by atoms with E-state index in [1.165, 1.54) is 13.8 Å². The molecule has 0 atom stereocenters. The van der Waals surface area contributed by atoms with Crippen LogP contribution in [0.15, 0.2) is 0 Å². The Bertz CT molecular complexity index is 702. The van der Waals surface area contributed by atoms with Gasteiger partial charge in [0.1, 0.15) is 0 Å². The van der Waals surface area contributed by atoms with Gasteiger partial charge in [-0.05, 0) is 12.8 Å². The average molecular weight is 695 g/mol. The van der Waals surface area contributed by atoms with Gasteiger partial charge in [-0.2, -0.15) is 52.7 Å². The number of halogens is 12. The second-order valence-electron chi connectivity index (χ2n) is 9.56. The van der Waals surface area contributed by atoms with Gasteiger partial charge in [-0.15, -0.1) is 0 Å². The zero-order valence-corrected chi connectivity index (χ0v) is 25.1. The van der Waals surface area contributed by atoms with Crippen LogP contribution >= 0.6 is 0 Å². The van der Waals surface area contributed by atoms with Crippen molar-refractivity contribution < 1.29 is 85.8 Å². The largest absolute Gasteiger partial charge is 0.425 e. The van der Waals surface area contributed by atoms with Crippen LogP contribution in [0.1, 0.15) is 52.4 Å². The van der Waals surface area contributed by atoms with Gasteiger partial charge >= 0.3 is 35.9 Å². The third-order valence-electron chi connectivity index (χ3n) is 5.85. The van der Waals surface area contributed by atoms with E-state index in [4.69, 9.17) is 23.7 Å². The monoisotopic (exact) mass is 694 g/mol. The molecule has 45 heavy (non-hydrogen) atoms. The van der Waals surface area contributed by atoms with Crippen LogP contribution in [0.3, 0.4) is 0 Å². The summed E-state index contributed by atoms with van der Waals surface area (Å²) in [6.07, 6.45) is -14.1. The van der Waals surface area contributed by atoms with E-state index < -0.39 is 75.2 Å². The normalized spacial score (nSPS) is 14.0. The van der Waals surface area contributed by atoms with Crippen LogP contribution in [-0.4, -0.2) is 115 Å². The number of hydrogen-bond donors (Lipinski definition) is 0. The second-order valence-corrected chi connectivity index (χ2v) is 9.56. The summed E-state index contributed by atoms with van der Waals surface area (Å²) in [5, 5.41) is 0. The van der Waals surface area contributed by atoms with Crippen LogP contribution in [-0.2, 0) is 33.2 Å². The first-order valence-corrected chi connectivity index (χ1v) is 14.3. The van der Waals surface area contributed by atoms with E-state index in [-0.39, 0.29) is 78.5 Å². The molecule has 0 aromatic heterocycles. The maximum absolute atomic E-state index is 13.6. The molecule has 0 unspecified atom stereocenters. The predicted molar refractivity (Wildman–Crippen MR) is 135 cm³/mol. The van der Waals surface area contributed by atoms with Crippen LogP contribution in [0.25, 0.3) is 0 Å². The third-order valence-corrected chi connectivity index (χ3v) is 5.85. The highest BCUT2D eigenvalue weighted by atomic mass is 19.4. The molecule has 0 aromatic rings. The van der Waals surface area contributed by atoms with Crippen molar-refractivity contribution in [2.24, 2.45) is 0 Å². The lowest BCUT2D eigenvalue weighted by Crippen LogP contribution is -2.55. The van der Waals surface area contributed by atoms with Gasteiger partial charge in [-0.1, -0.05) is 26.7 Å². The smallest absolute Gasteiger partial charge is 0.377 e. The second kappa shape index (κ2) is 21.0. The molecule has 0 saturated carbocycles. The van der Waals surface area contributed by atoms with Gasteiger partial charge in [0.2, 0.25) is 0 Å². The van der Waals surface area contributed by atoms with E-state index in [2.05, 4.69) is 9.47 Å². The van der Waals surface area contributed by atoms with Gasteiger partial charge in [0.25, 0.3) is 0 Å². The number of ether oxygens (including phenoxy) is 7. The standard InChI is InChI=1S/C26H42F12O7/c1-3-5-7-21(27,28)23(31,32)25(35,36)44-19-17-42-15-13-40-11-9-39-10-12-41-14-16-43-18-20-45-26(37,38)24(33,34)22(29,30)8-6-4-2/h3-20H2,1-2H3. The minimum Gasteiger partial charge on any atom is -0.377 e. The summed E-state index contributed by atoms with van der Waals surface area (Å²) in [4.78, 5) is 0. The minimum absolute atomic E-state index is 0.0343. The Morgan fingerprint density at radius 1 is 0.356 bits per heavy atom. The summed E-state index contributed by atoms with van der Waals surface area (Å²) in [7, 11) is 0. The number of hydrogen-bond acceptors (Lipinski definition) is 7. The molecule has 0 radical (unpaired) electrons. The van der Waals surface area contributed by atoms with Crippen LogP contribution in [0.5, 0.6) is 0 Å². The molecule has 0 heterocycles. The highest BCUT2D eigenvalue weighted by Gasteiger charge is 2.73. The number of unbranched alkanes of at least 4 members (excludes halogenated alkanes) is 2. The van der Waals surface area contributed by atoms with Crippen LogP contribution in [0.2, 0.25) is 0 Å². The Hall–Kier alpha value is -1.12. The molecule has 0 aliphatic carbocycles. The summed E-state index contributed by atoms with van der Waals surface area (Å²) in [6.45, 7) is -0.400. The molecule has 0 amide bonds. The van der Waals surface area contributed by atoms with E-state index in [9.17, 15) is 52.7 Å². The molecule has 0 aromatic carbocycles. The minimum atomic E-state index is -5.69. The first-order chi connectivity index (χ1) is 20.8. The molecule has 0 aliphatic rings. The quantitative estimate of drug-likeness (QED) is 0.0582. The molecule has 19 heteroatoms. The van der Waals surface area contributed by atoms with Crippen molar-refractivity contribution in [1.29, 1.82) is 0 Å². The fourth-order valence-corrected chi connectivity index (χ4v) is 3.16. The molecule has 0 fully saturated rings. The van der Waals surface area contributed by atoms with Gasteiger partial charge in [-0.25, -0.2) is 0 Å². The van der Waals surface area contributed by atoms with E-state index >= 15 is 0 Å². The van der Waals surface area contributed by atoms with Crippen molar-refractivity contribution in [2.45, 2.75) is 88.3 Å². The average Bonchev–Trinajstić information content (AvgIpc) is 2.95. The fourth-order valence-electron chi connectivity index (χ4n) is 3.16. The van der Waals surface area contributed by atoms with Gasteiger partial charge in [0, 0.05) is 12.8 Å². The highest BCUT2D eigenvalue weighted by molar-refractivity contribution is 4.92. The molecule has 0 aliphatic heterocycles. The van der Waals surface area contributed by atoms with Gasteiger partial charge in [0.15, 0.2) is 0 Å². The summed E-state index contributed by atoms with van der Waals surface area (Å²) in [5.74, 6) is -21.3. The first kappa shape index (κ1) is 43.9. The van der Waals surface area contributed by atoms with Crippen molar-refractivity contribution >= 4 is 0 Å². The van der Waals surface area contributed by atoms with Gasteiger partial charge in [-0.3, -0.25) is 0 Å². The van der Waals surface area contributed by atoms with E-state index in [0.29, 0.717) is 0 Å². The predicted octanol–water partition coefficient (Wildman–Crippen LogP) is 7.21. The molecule has 0 spiro atoms. The first-order valence-electron chi connectivity index (χ1n) is 14.3. The Labute approximate surface area is 254 Å². The van der Waals surface area contributed by atoms with Crippen LogP contribution < -0.4 is 0 Å². The Balaban J connectivity index is 3.77. The Morgan fingerprint density at radius 2 is 0.578 bits per heavy atom. The Morgan fingerprint density at radius 3 is 0.800 bits per heavy atom. The van der Waals surface area contributed by atoms with Crippen LogP contribution in [0, 0.1) is 0 Å². The summed E-state index contributed by atoms with van der Waals surface area (Å²) in [5.41, 5.74) is 0. The lowest BCUT2D eigenvalue weighted by molar-refractivity contribution is -0.400. The zero-order valence-electron chi connectivity index (χ0n) is 25.1. The third kappa shape index (κ3) is 15.1. The van der Waals surface area contributed by atoms with Crippen molar-refractivity contribution in [1.82, 2.24) is 0 Å². The molecule has 0 saturated heterocycles. The molecule has 7 nitrogen and oxygen atoms in total. The van der Waals surface area contributed by atoms with E-state index in [0.717, 1.165) is 0 Å². The molecule has 0 rings (SSSR count). The van der Waals surface area contributed by atoms with Crippen molar-refractivity contribution in [2.75, 3.05) is 79.3 Å². The summed E-state index contributed by atoms with van der Waals surface area (Å²) < 4.78 is 195.